The predicted octanol–water partition coefficient (Wildman–Crippen LogP) is 3.27. The van der Waals surface area contributed by atoms with E-state index in [0.717, 1.165) is 0 Å². The lowest BCUT2D eigenvalue weighted by molar-refractivity contribution is -0.385. The summed E-state index contributed by atoms with van der Waals surface area (Å²) in [4.78, 5) is 45.4. The number of aromatic nitrogens is 1. The van der Waals surface area contributed by atoms with Gasteiger partial charge in [-0.3, -0.25) is 29.8 Å². The van der Waals surface area contributed by atoms with E-state index in [1.54, 1.807) is 6.92 Å². The number of carbonyl (C=O) groups is 1. The fraction of sp³-hybridized carbons (Fsp3) is 0.100. The van der Waals surface area contributed by atoms with Crippen LogP contribution in [0, 0.1) is 27.2 Å². The first-order chi connectivity index (χ1) is 14.2. The van der Waals surface area contributed by atoms with E-state index in [4.69, 9.17) is 0 Å². The summed E-state index contributed by atoms with van der Waals surface area (Å²) < 4.78 is 1.30. The van der Waals surface area contributed by atoms with Gasteiger partial charge in [0, 0.05) is 36.5 Å². The molecule has 1 aromatic heterocycles. The van der Waals surface area contributed by atoms with Gasteiger partial charge in [-0.2, -0.15) is 0 Å². The monoisotopic (exact) mass is 408 g/mol. The van der Waals surface area contributed by atoms with Gasteiger partial charge in [0.15, 0.2) is 0 Å². The van der Waals surface area contributed by atoms with Crippen LogP contribution < -0.4 is 10.9 Å². The first-order valence-corrected chi connectivity index (χ1v) is 8.75. The summed E-state index contributed by atoms with van der Waals surface area (Å²) in [5, 5.41) is 24.3. The summed E-state index contributed by atoms with van der Waals surface area (Å²) >= 11 is 0. The molecule has 3 aromatic rings. The zero-order valence-corrected chi connectivity index (χ0v) is 15.8. The van der Waals surface area contributed by atoms with E-state index in [2.05, 4.69) is 5.32 Å². The highest BCUT2D eigenvalue weighted by molar-refractivity contribution is 6.04. The number of benzene rings is 2. The van der Waals surface area contributed by atoms with Crippen LogP contribution in [0.5, 0.6) is 0 Å². The number of carbonyl (C=O) groups excluding carboxylic acids is 1. The summed E-state index contributed by atoms with van der Waals surface area (Å²) in [6, 6.07) is 12.5. The maximum Gasteiger partial charge on any atom is 0.271 e. The molecule has 3 rings (SSSR count). The van der Waals surface area contributed by atoms with Gasteiger partial charge >= 0.3 is 0 Å². The summed E-state index contributed by atoms with van der Waals surface area (Å²) in [5.41, 5.74) is 1.20. The second-order valence-electron chi connectivity index (χ2n) is 6.52. The van der Waals surface area contributed by atoms with Gasteiger partial charge in [0.05, 0.1) is 27.6 Å². The Hall–Kier alpha value is -4.34. The van der Waals surface area contributed by atoms with Gasteiger partial charge in [0.1, 0.15) is 0 Å². The van der Waals surface area contributed by atoms with Crippen LogP contribution in [-0.4, -0.2) is 20.3 Å². The molecule has 0 aliphatic rings. The second kappa shape index (κ2) is 8.35. The van der Waals surface area contributed by atoms with Crippen molar-refractivity contribution in [3.8, 4) is 0 Å². The number of anilines is 1. The molecule has 0 atom stereocenters. The summed E-state index contributed by atoms with van der Waals surface area (Å²) in [5.74, 6) is -0.531. The number of rotatable bonds is 6. The molecule has 10 heteroatoms. The standard InChI is InChI=1S/C20H16N4O6/c1-13-2-6-17(24(29)30)10-18(13)21-20(26)15-5-9-19(25)22(12-15)11-14-3-7-16(8-4-14)23(27)28/h2-10,12H,11H2,1H3,(H,21,26). The first-order valence-electron chi connectivity index (χ1n) is 8.75. The fourth-order valence-corrected chi connectivity index (χ4v) is 2.76. The SMILES string of the molecule is Cc1ccc([N+](=O)[O-])cc1NC(=O)c1ccc(=O)n(Cc2ccc([N+](=O)[O-])cc2)c1. The molecule has 0 aliphatic carbocycles. The number of aryl methyl sites for hydroxylation is 1. The molecule has 0 bridgehead atoms. The lowest BCUT2D eigenvalue weighted by atomic mass is 10.1. The quantitative estimate of drug-likeness (QED) is 0.491. The van der Waals surface area contributed by atoms with Crippen LogP contribution in [0.15, 0.2) is 65.6 Å². The van der Waals surface area contributed by atoms with Crippen LogP contribution in [0.4, 0.5) is 17.1 Å². The first kappa shape index (κ1) is 20.4. The van der Waals surface area contributed by atoms with Crippen LogP contribution in [-0.2, 0) is 6.54 Å². The molecule has 10 nitrogen and oxygen atoms in total. The molecular weight excluding hydrogens is 392 g/mol. The van der Waals surface area contributed by atoms with Gasteiger partial charge in [0.25, 0.3) is 22.8 Å². The van der Waals surface area contributed by atoms with Crippen molar-refractivity contribution in [3.63, 3.8) is 0 Å². The minimum absolute atomic E-state index is 0.0634. The van der Waals surface area contributed by atoms with Gasteiger partial charge in [0.2, 0.25) is 0 Å². The summed E-state index contributed by atoms with van der Waals surface area (Å²) in [6.07, 6.45) is 1.37. The van der Waals surface area contributed by atoms with E-state index in [9.17, 15) is 29.8 Å². The Morgan fingerprint density at radius 2 is 1.60 bits per heavy atom. The Balaban J connectivity index is 1.83. The number of pyridine rings is 1. The van der Waals surface area contributed by atoms with E-state index in [1.807, 2.05) is 0 Å². The highest BCUT2D eigenvalue weighted by Gasteiger charge is 2.14. The number of hydrogen-bond donors (Lipinski definition) is 1. The maximum atomic E-state index is 12.6. The molecule has 2 aromatic carbocycles. The average molecular weight is 408 g/mol. The molecule has 1 heterocycles. The minimum atomic E-state index is -0.556. The van der Waals surface area contributed by atoms with Crippen molar-refractivity contribution < 1.29 is 14.6 Å². The van der Waals surface area contributed by atoms with Crippen LogP contribution in [0.1, 0.15) is 21.5 Å². The van der Waals surface area contributed by atoms with Crippen molar-refractivity contribution in [2.45, 2.75) is 13.5 Å². The molecule has 1 amide bonds. The Morgan fingerprint density at radius 3 is 2.23 bits per heavy atom. The van der Waals surface area contributed by atoms with Crippen LogP contribution >= 0.6 is 0 Å². The predicted molar refractivity (Wildman–Crippen MR) is 109 cm³/mol. The van der Waals surface area contributed by atoms with Crippen LogP contribution in [0.2, 0.25) is 0 Å². The molecule has 0 saturated carbocycles. The third-order valence-electron chi connectivity index (χ3n) is 4.43. The van der Waals surface area contributed by atoms with E-state index in [-0.39, 0.29) is 29.0 Å². The molecule has 0 saturated heterocycles. The number of nitro benzene ring substituents is 2. The normalized spacial score (nSPS) is 10.4. The van der Waals surface area contributed by atoms with E-state index < -0.39 is 15.8 Å². The average Bonchev–Trinajstić information content (AvgIpc) is 2.71. The number of nitrogens with one attached hydrogen (secondary N) is 1. The highest BCUT2D eigenvalue weighted by Crippen LogP contribution is 2.22. The lowest BCUT2D eigenvalue weighted by Gasteiger charge is -2.11. The number of amides is 1. The van der Waals surface area contributed by atoms with Crippen molar-refractivity contribution in [1.29, 1.82) is 0 Å². The van der Waals surface area contributed by atoms with Crippen LogP contribution in [0.25, 0.3) is 0 Å². The molecule has 0 radical (unpaired) electrons. The van der Waals surface area contributed by atoms with Gasteiger partial charge in [-0.25, -0.2) is 0 Å². The minimum Gasteiger partial charge on any atom is -0.321 e. The van der Waals surface area contributed by atoms with Gasteiger partial charge in [-0.15, -0.1) is 0 Å². The van der Waals surface area contributed by atoms with E-state index >= 15 is 0 Å². The molecule has 0 spiro atoms. The van der Waals surface area contributed by atoms with Crippen molar-refractivity contribution in [1.82, 2.24) is 4.57 Å². The third-order valence-corrected chi connectivity index (χ3v) is 4.43. The molecule has 1 N–H and O–H groups in total. The zero-order valence-electron chi connectivity index (χ0n) is 15.8. The maximum absolute atomic E-state index is 12.6. The van der Waals surface area contributed by atoms with Crippen molar-refractivity contribution in [3.05, 3.63) is 108 Å². The molecule has 152 valence electrons. The number of nitrogens with zero attached hydrogens (tertiary/aromatic N) is 3. The van der Waals surface area contributed by atoms with Gasteiger partial charge in [-0.05, 0) is 24.1 Å². The Kier molecular flexibility index (Phi) is 5.68. The van der Waals surface area contributed by atoms with Crippen molar-refractivity contribution >= 4 is 23.0 Å². The molecular formula is C20H16N4O6. The summed E-state index contributed by atoms with van der Waals surface area (Å²) in [6.45, 7) is 1.82. The molecule has 0 unspecified atom stereocenters. The van der Waals surface area contributed by atoms with E-state index in [0.29, 0.717) is 16.8 Å². The van der Waals surface area contributed by atoms with E-state index in [1.165, 1.54) is 65.4 Å². The topological polar surface area (TPSA) is 137 Å². The van der Waals surface area contributed by atoms with Gasteiger partial charge in [-0.1, -0.05) is 18.2 Å². The molecule has 0 fully saturated rings. The number of non-ortho nitro benzene ring substituents is 2. The fourth-order valence-electron chi connectivity index (χ4n) is 2.76. The molecule has 0 aliphatic heterocycles. The van der Waals surface area contributed by atoms with Gasteiger partial charge < -0.3 is 9.88 Å². The zero-order chi connectivity index (χ0) is 21.8. The molecule has 30 heavy (non-hydrogen) atoms. The van der Waals surface area contributed by atoms with Crippen molar-refractivity contribution in [2.24, 2.45) is 0 Å². The van der Waals surface area contributed by atoms with Crippen LogP contribution in [0.3, 0.4) is 0 Å². The Bertz CT molecular complexity index is 1200. The third kappa shape index (κ3) is 4.55. The Morgan fingerprint density at radius 1 is 0.967 bits per heavy atom. The second-order valence-corrected chi connectivity index (χ2v) is 6.52. The highest BCUT2D eigenvalue weighted by atomic mass is 16.6. The summed E-state index contributed by atoms with van der Waals surface area (Å²) in [7, 11) is 0. The Labute approximate surface area is 169 Å². The smallest absolute Gasteiger partial charge is 0.271 e. The lowest BCUT2D eigenvalue weighted by Crippen LogP contribution is -2.22. The largest absolute Gasteiger partial charge is 0.321 e. The number of nitro groups is 2. The number of hydrogen-bond acceptors (Lipinski definition) is 6. The van der Waals surface area contributed by atoms with Crippen molar-refractivity contribution in [2.75, 3.05) is 5.32 Å².